The maximum atomic E-state index is 11.0. The van der Waals surface area contributed by atoms with Gasteiger partial charge in [-0.1, -0.05) is 0 Å². The molecule has 0 radical (unpaired) electrons. The van der Waals surface area contributed by atoms with E-state index >= 15 is 0 Å². The van der Waals surface area contributed by atoms with Crippen molar-refractivity contribution in [2.75, 3.05) is 0 Å². The van der Waals surface area contributed by atoms with Crippen molar-refractivity contribution in [2.24, 2.45) is 0 Å². The number of rotatable bonds is 4. The number of benzene rings is 1. The summed E-state index contributed by atoms with van der Waals surface area (Å²) < 4.78 is 11.3. The minimum atomic E-state index is -1.33. The lowest BCUT2D eigenvalue weighted by Crippen LogP contribution is -2.35. The third kappa shape index (κ3) is 3.69. The monoisotopic (exact) mass is 295 g/mol. The number of ether oxygens (including phenoxy) is 2. The number of carbonyl (C=O) groups is 1. The molecule has 1 fully saturated rings. The molecular weight excluding hydrogens is 278 g/mol. The van der Waals surface area contributed by atoms with E-state index in [1.807, 2.05) is 13.8 Å². The Kier molecular flexibility index (Phi) is 4.42. The standard InChI is InChI=1S/C14H17NO6/c1-8-5-11(6-9(2)20-8)21-10-3-4-12(14(16)17)13(7-10)15(18)19/h3-4,7-9,11H,5-6H2,1-2H3,(H,16,17). The summed E-state index contributed by atoms with van der Waals surface area (Å²) in [7, 11) is 0. The summed E-state index contributed by atoms with van der Waals surface area (Å²) in [6.45, 7) is 3.89. The Balaban J connectivity index is 2.19. The zero-order valence-corrected chi connectivity index (χ0v) is 11.8. The molecule has 1 aliphatic rings. The third-order valence-electron chi connectivity index (χ3n) is 3.35. The molecule has 114 valence electrons. The summed E-state index contributed by atoms with van der Waals surface area (Å²) >= 11 is 0. The van der Waals surface area contributed by atoms with Gasteiger partial charge in [0.2, 0.25) is 0 Å². The van der Waals surface area contributed by atoms with E-state index in [2.05, 4.69) is 0 Å². The molecule has 1 aliphatic heterocycles. The summed E-state index contributed by atoms with van der Waals surface area (Å²) in [4.78, 5) is 21.2. The molecule has 2 rings (SSSR count). The first-order chi connectivity index (χ1) is 9.86. The maximum Gasteiger partial charge on any atom is 0.342 e. The van der Waals surface area contributed by atoms with Crippen LogP contribution in [-0.2, 0) is 4.74 Å². The molecule has 1 N–H and O–H groups in total. The molecule has 2 unspecified atom stereocenters. The van der Waals surface area contributed by atoms with Gasteiger partial charge in [-0.05, 0) is 26.0 Å². The molecule has 0 saturated carbocycles. The number of nitro benzene ring substituents is 1. The molecule has 1 aromatic rings. The van der Waals surface area contributed by atoms with Crippen LogP contribution in [0.5, 0.6) is 5.75 Å². The molecule has 1 heterocycles. The summed E-state index contributed by atoms with van der Waals surface area (Å²) in [5.41, 5.74) is -0.811. The SMILES string of the molecule is CC1CC(Oc2ccc(C(=O)O)c([N+](=O)[O-])c2)CC(C)O1. The van der Waals surface area contributed by atoms with Crippen LogP contribution in [0.25, 0.3) is 0 Å². The van der Waals surface area contributed by atoms with Crippen LogP contribution in [0.2, 0.25) is 0 Å². The van der Waals surface area contributed by atoms with Crippen LogP contribution >= 0.6 is 0 Å². The first-order valence-electron chi connectivity index (χ1n) is 6.70. The molecule has 7 nitrogen and oxygen atoms in total. The van der Waals surface area contributed by atoms with Crippen molar-refractivity contribution in [1.82, 2.24) is 0 Å². The summed E-state index contributed by atoms with van der Waals surface area (Å²) in [6.07, 6.45) is 1.41. The van der Waals surface area contributed by atoms with E-state index in [1.165, 1.54) is 12.1 Å². The molecule has 1 aromatic carbocycles. The largest absolute Gasteiger partial charge is 0.490 e. The quantitative estimate of drug-likeness (QED) is 0.677. The minimum Gasteiger partial charge on any atom is -0.490 e. The van der Waals surface area contributed by atoms with Crippen LogP contribution < -0.4 is 4.74 Å². The Morgan fingerprint density at radius 1 is 1.38 bits per heavy atom. The van der Waals surface area contributed by atoms with Gasteiger partial charge in [-0.3, -0.25) is 10.1 Å². The molecule has 0 bridgehead atoms. The fourth-order valence-electron chi connectivity index (χ4n) is 2.55. The molecule has 1 saturated heterocycles. The van der Waals surface area contributed by atoms with Gasteiger partial charge < -0.3 is 14.6 Å². The Labute approximate surface area is 121 Å². The van der Waals surface area contributed by atoms with E-state index in [9.17, 15) is 14.9 Å². The Morgan fingerprint density at radius 3 is 2.52 bits per heavy atom. The highest BCUT2D eigenvalue weighted by Gasteiger charge is 2.27. The number of nitrogens with zero attached hydrogens (tertiary/aromatic N) is 1. The van der Waals surface area contributed by atoms with Gasteiger partial charge in [0, 0.05) is 12.8 Å². The normalized spacial score (nSPS) is 25.3. The van der Waals surface area contributed by atoms with Gasteiger partial charge in [-0.25, -0.2) is 4.79 Å². The fraction of sp³-hybridized carbons (Fsp3) is 0.500. The molecule has 7 heteroatoms. The fourth-order valence-corrected chi connectivity index (χ4v) is 2.55. The van der Waals surface area contributed by atoms with Crippen molar-refractivity contribution in [2.45, 2.75) is 45.0 Å². The average Bonchev–Trinajstić information content (AvgIpc) is 2.36. The molecule has 21 heavy (non-hydrogen) atoms. The summed E-state index contributed by atoms with van der Waals surface area (Å²) in [5.74, 6) is -1.03. The van der Waals surface area contributed by atoms with Crippen LogP contribution in [0, 0.1) is 10.1 Å². The second kappa shape index (κ2) is 6.09. The van der Waals surface area contributed by atoms with E-state index in [1.54, 1.807) is 0 Å². The first-order valence-corrected chi connectivity index (χ1v) is 6.70. The average molecular weight is 295 g/mol. The van der Waals surface area contributed by atoms with Gasteiger partial charge in [-0.2, -0.15) is 0 Å². The first kappa shape index (κ1) is 15.2. The molecule has 0 amide bonds. The molecule has 2 atom stereocenters. The zero-order chi connectivity index (χ0) is 15.6. The van der Waals surface area contributed by atoms with Gasteiger partial charge in [0.05, 0.1) is 23.2 Å². The highest BCUT2D eigenvalue weighted by Crippen LogP contribution is 2.28. The lowest BCUT2D eigenvalue weighted by Gasteiger charge is -2.32. The second-order valence-corrected chi connectivity index (χ2v) is 5.21. The van der Waals surface area contributed by atoms with Crippen LogP contribution in [0.3, 0.4) is 0 Å². The van der Waals surface area contributed by atoms with Crippen molar-refractivity contribution in [1.29, 1.82) is 0 Å². The van der Waals surface area contributed by atoms with E-state index in [-0.39, 0.29) is 23.9 Å². The van der Waals surface area contributed by atoms with Gasteiger partial charge >= 0.3 is 5.97 Å². The number of aromatic carboxylic acids is 1. The highest BCUT2D eigenvalue weighted by atomic mass is 16.6. The number of hydrogen-bond donors (Lipinski definition) is 1. The van der Waals surface area contributed by atoms with Crippen molar-refractivity contribution in [3.8, 4) is 5.75 Å². The zero-order valence-electron chi connectivity index (χ0n) is 11.8. The topological polar surface area (TPSA) is 98.9 Å². The lowest BCUT2D eigenvalue weighted by molar-refractivity contribution is -0.385. The van der Waals surface area contributed by atoms with Crippen LogP contribution in [0.4, 0.5) is 5.69 Å². The lowest BCUT2D eigenvalue weighted by atomic mass is 10.0. The molecule has 0 spiro atoms. The van der Waals surface area contributed by atoms with E-state index < -0.39 is 16.6 Å². The van der Waals surface area contributed by atoms with Crippen molar-refractivity contribution in [3.63, 3.8) is 0 Å². The number of carboxylic acids is 1. The second-order valence-electron chi connectivity index (χ2n) is 5.21. The summed E-state index contributed by atoms with van der Waals surface area (Å²) in [5, 5.41) is 19.9. The highest BCUT2D eigenvalue weighted by molar-refractivity contribution is 5.92. The van der Waals surface area contributed by atoms with E-state index in [4.69, 9.17) is 14.6 Å². The van der Waals surface area contributed by atoms with Gasteiger partial charge in [0.15, 0.2) is 0 Å². The Bertz CT molecular complexity index is 548. The summed E-state index contributed by atoms with van der Waals surface area (Å²) in [6, 6.07) is 3.80. The minimum absolute atomic E-state index is 0.0621. The van der Waals surface area contributed by atoms with Gasteiger partial charge in [-0.15, -0.1) is 0 Å². The predicted molar refractivity (Wildman–Crippen MR) is 73.7 cm³/mol. The number of nitro groups is 1. The van der Waals surface area contributed by atoms with Crippen molar-refractivity contribution in [3.05, 3.63) is 33.9 Å². The van der Waals surface area contributed by atoms with E-state index in [0.29, 0.717) is 18.6 Å². The van der Waals surface area contributed by atoms with Crippen LogP contribution in [0.1, 0.15) is 37.0 Å². The van der Waals surface area contributed by atoms with E-state index in [0.717, 1.165) is 6.07 Å². The van der Waals surface area contributed by atoms with Gasteiger partial charge in [0.1, 0.15) is 17.4 Å². The van der Waals surface area contributed by atoms with Crippen molar-refractivity contribution < 1.29 is 24.3 Å². The van der Waals surface area contributed by atoms with Crippen LogP contribution in [0.15, 0.2) is 18.2 Å². The number of hydrogen-bond acceptors (Lipinski definition) is 5. The maximum absolute atomic E-state index is 11.0. The Morgan fingerprint density at radius 2 is 2.00 bits per heavy atom. The predicted octanol–water partition coefficient (Wildman–Crippen LogP) is 2.63. The Hall–Kier alpha value is -2.15. The van der Waals surface area contributed by atoms with Crippen LogP contribution in [-0.4, -0.2) is 34.3 Å². The third-order valence-corrected chi connectivity index (χ3v) is 3.35. The van der Waals surface area contributed by atoms with Crippen molar-refractivity contribution >= 4 is 11.7 Å². The molecular formula is C14H17NO6. The number of carboxylic acid groups (broad SMARTS) is 1. The molecule has 0 aromatic heterocycles. The molecule has 0 aliphatic carbocycles. The van der Waals surface area contributed by atoms with Gasteiger partial charge in [0.25, 0.3) is 5.69 Å². The smallest absolute Gasteiger partial charge is 0.342 e.